The first-order valence-corrected chi connectivity index (χ1v) is 15.0. The van der Waals surface area contributed by atoms with E-state index in [1.165, 1.54) is 35.5 Å². The molecule has 0 bridgehead atoms. The predicted octanol–water partition coefficient (Wildman–Crippen LogP) is 6.12. The van der Waals surface area contributed by atoms with E-state index in [1.54, 1.807) is 0 Å². The molecule has 4 rings (SSSR count). The lowest BCUT2D eigenvalue weighted by molar-refractivity contribution is 0.0573. The zero-order valence-corrected chi connectivity index (χ0v) is 26.6. The Morgan fingerprint density at radius 1 is 0.829 bits per heavy atom. The molecule has 3 aliphatic carbocycles. The van der Waals surface area contributed by atoms with Crippen LogP contribution in [0.1, 0.15) is 98.9 Å². The van der Waals surface area contributed by atoms with E-state index in [0.717, 1.165) is 32.1 Å². The fourth-order valence-corrected chi connectivity index (χ4v) is 9.22. The van der Waals surface area contributed by atoms with Gasteiger partial charge in [-0.15, -0.1) is 0 Å². The van der Waals surface area contributed by atoms with E-state index in [4.69, 9.17) is 23.7 Å². The number of methoxy groups -OCH3 is 5. The first-order valence-electron chi connectivity index (χ1n) is 15.0. The van der Waals surface area contributed by atoms with Crippen molar-refractivity contribution in [1.29, 1.82) is 0 Å². The van der Waals surface area contributed by atoms with E-state index in [1.807, 2.05) is 0 Å². The molecule has 0 unspecified atom stereocenters. The molecule has 230 valence electrons. The van der Waals surface area contributed by atoms with Gasteiger partial charge in [0.15, 0.2) is 5.75 Å². The number of carbonyl (C=O) groups excluding carboxylic acids is 2. The minimum absolute atomic E-state index is 0.0112. The Morgan fingerprint density at radius 2 is 1.37 bits per heavy atom. The summed E-state index contributed by atoms with van der Waals surface area (Å²) in [5.74, 6) is 1.72. The summed E-state index contributed by atoms with van der Waals surface area (Å²) < 4.78 is 28.1. The van der Waals surface area contributed by atoms with Crippen molar-refractivity contribution >= 4 is 11.9 Å². The lowest BCUT2D eigenvalue weighted by Crippen LogP contribution is -2.38. The standard InChI is InChI=1S/C33H50O8/c1-17(2)15-21(33(5)14-13-19-18(16-34)11-12-20-26(25(19)33)32(20,3)4)22-27(37-6)23(30(35)40-9)29(39-8)24(28(22)38-7)31(36)41-10/h17-21,25-26,34H,11-16H2,1-10H3/t18-,19+,20-,21+,25-,26-,33-/m1/s1. The predicted molar refractivity (Wildman–Crippen MR) is 156 cm³/mol. The van der Waals surface area contributed by atoms with Crippen LogP contribution in [0.4, 0.5) is 0 Å². The molecule has 7 atom stereocenters. The molecule has 0 radical (unpaired) electrons. The number of esters is 2. The maximum Gasteiger partial charge on any atom is 0.345 e. The van der Waals surface area contributed by atoms with E-state index < -0.39 is 11.9 Å². The largest absolute Gasteiger partial charge is 0.495 e. The lowest BCUT2D eigenvalue weighted by atomic mass is 9.60. The van der Waals surface area contributed by atoms with E-state index in [0.29, 0.717) is 46.7 Å². The monoisotopic (exact) mass is 574 g/mol. The lowest BCUT2D eigenvalue weighted by Gasteiger charge is -2.45. The number of aliphatic hydroxyl groups excluding tert-OH is 1. The fraction of sp³-hybridized carbons (Fsp3) is 0.758. The van der Waals surface area contributed by atoms with Gasteiger partial charge in [0.25, 0.3) is 0 Å². The molecule has 0 spiro atoms. The van der Waals surface area contributed by atoms with Crippen LogP contribution in [0.15, 0.2) is 0 Å². The molecule has 3 fully saturated rings. The number of rotatable bonds is 10. The topological polar surface area (TPSA) is 101 Å². The van der Waals surface area contributed by atoms with E-state index in [-0.39, 0.29) is 46.1 Å². The normalized spacial score (nSPS) is 30.5. The highest BCUT2D eigenvalue weighted by molar-refractivity contribution is 6.05. The van der Waals surface area contributed by atoms with Gasteiger partial charge in [0.1, 0.15) is 22.6 Å². The number of aliphatic hydroxyl groups is 1. The smallest absolute Gasteiger partial charge is 0.345 e. The van der Waals surface area contributed by atoms with Crippen molar-refractivity contribution in [2.45, 2.75) is 72.6 Å². The highest BCUT2D eigenvalue weighted by Crippen LogP contribution is 2.75. The van der Waals surface area contributed by atoms with Crippen LogP contribution in [0.2, 0.25) is 0 Å². The molecule has 0 saturated heterocycles. The van der Waals surface area contributed by atoms with Gasteiger partial charge in [-0.2, -0.15) is 0 Å². The summed E-state index contributed by atoms with van der Waals surface area (Å²) in [5, 5.41) is 10.5. The Morgan fingerprint density at radius 3 is 1.80 bits per heavy atom. The maximum atomic E-state index is 13.3. The summed E-state index contributed by atoms with van der Waals surface area (Å²) in [5.41, 5.74) is 0.825. The SMILES string of the molecule is COC(=O)c1c(OC)c(C(=O)OC)c(OC)c([C@H](CC(C)C)[C@@]2(C)CC[C@H]3[C@@H](CO)CC[C@@H]4[C@H]([C@@H]32)C4(C)C)c1OC. The first-order chi connectivity index (χ1) is 19.4. The molecule has 8 heteroatoms. The second-order valence-electron chi connectivity index (χ2n) is 13.6. The van der Waals surface area contributed by atoms with Crippen LogP contribution in [0.25, 0.3) is 0 Å². The molecular weight excluding hydrogens is 524 g/mol. The van der Waals surface area contributed by atoms with Gasteiger partial charge in [-0.05, 0) is 84.4 Å². The molecule has 1 aromatic rings. The summed E-state index contributed by atoms with van der Waals surface area (Å²) in [6.07, 6.45) is 5.00. The number of hydrogen-bond donors (Lipinski definition) is 1. The molecule has 3 aliphatic rings. The molecule has 0 heterocycles. The van der Waals surface area contributed by atoms with Crippen LogP contribution in [-0.2, 0) is 9.47 Å². The van der Waals surface area contributed by atoms with Gasteiger partial charge < -0.3 is 28.8 Å². The summed E-state index contributed by atoms with van der Waals surface area (Å²) in [4.78, 5) is 26.7. The Hall–Kier alpha value is -2.48. The molecule has 0 aliphatic heterocycles. The third-order valence-corrected chi connectivity index (χ3v) is 11.1. The van der Waals surface area contributed by atoms with Crippen LogP contribution in [0.3, 0.4) is 0 Å². The average Bonchev–Trinajstić information content (AvgIpc) is 3.40. The van der Waals surface area contributed by atoms with Crippen molar-refractivity contribution in [3.8, 4) is 17.2 Å². The summed E-state index contributed by atoms with van der Waals surface area (Å²) in [6, 6.07) is 0. The fourth-order valence-electron chi connectivity index (χ4n) is 9.22. The van der Waals surface area contributed by atoms with E-state index in [9.17, 15) is 14.7 Å². The zero-order chi connectivity index (χ0) is 30.4. The average molecular weight is 575 g/mol. The van der Waals surface area contributed by atoms with E-state index in [2.05, 4.69) is 34.6 Å². The number of fused-ring (bicyclic) bond motifs is 3. The van der Waals surface area contributed by atoms with Crippen LogP contribution >= 0.6 is 0 Å². The van der Waals surface area contributed by atoms with Crippen LogP contribution in [0.5, 0.6) is 17.2 Å². The van der Waals surface area contributed by atoms with Gasteiger partial charge in [0.05, 0.1) is 35.5 Å². The first kappa shape index (κ1) is 31.5. The van der Waals surface area contributed by atoms with Crippen LogP contribution in [-0.4, -0.2) is 59.2 Å². The van der Waals surface area contributed by atoms with Gasteiger partial charge in [0.2, 0.25) is 0 Å². The van der Waals surface area contributed by atoms with Crippen molar-refractivity contribution in [3.63, 3.8) is 0 Å². The Bertz CT molecular complexity index is 1110. The second-order valence-corrected chi connectivity index (χ2v) is 13.6. The van der Waals surface area contributed by atoms with E-state index >= 15 is 0 Å². The highest BCUT2D eigenvalue weighted by atomic mass is 16.5. The number of carbonyl (C=O) groups is 2. The molecular formula is C33H50O8. The molecule has 41 heavy (non-hydrogen) atoms. The molecule has 3 saturated carbocycles. The molecule has 0 aromatic heterocycles. The van der Waals surface area contributed by atoms with Crippen molar-refractivity contribution in [2.24, 2.45) is 46.3 Å². The number of hydrogen-bond acceptors (Lipinski definition) is 8. The van der Waals surface area contributed by atoms with Gasteiger partial charge in [0, 0.05) is 12.2 Å². The van der Waals surface area contributed by atoms with Crippen molar-refractivity contribution in [1.82, 2.24) is 0 Å². The molecule has 1 aromatic carbocycles. The van der Waals surface area contributed by atoms with Crippen molar-refractivity contribution < 1.29 is 38.4 Å². The third kappa shape index (κ3) is 4.88. The molecule has 1 N–H and O–H groups in total. The van der Waals surface area contributed by atoms with Crippen LogP contribution < -0.4 is 14.2 Å². The van der Waals surface area contributed by atoms with Gasteiger partial charge in [-0.1, -0.05) is 34.6 Å². The van der Waals surface area contributed by atoms with Gasteiger partial charge >= 0.3 is 11.9 Å². The Balaban J connectivity index is 2.06. The number of ether oxygens (including phenoxy) is 5. The van der Waals surface area contributed by atoms with Gasteiger partial charge in [-0.25, -0.2) is 9.59 Å². The summed E-state index contributed by atoms with van der Waals surface area (Å²) >= 11 is 0. The summed E-state index contributed by atoms with van der Waals surface area (Å²) in [6.45, 7) is 11.8. The Labute approximate surface area is 245 Å². The van der Waals surface area contributed by atoms with Gasteiger partial charge in [-0.3, -0.25) is 0 Å². The molecule has 8 nitrogen and oxygen atoms in total. The third-order valence-electron chi connectivity index (χ3n) is 11.1. The highest BCUT2D eigenvalue weighted by Gasteiger charge is 2.69. The Kier molecular flexibility index (Phi) is 8.94. The zero-order valence-electron chi connectivity index (χ0n) is 26.6. The van der Waals surface area contributed by atoms with Crippen LogP contribution in [0, 0.1) is 46.3 Å². The van der Waals surface area contributed by atoms with Crippen molar-refractivity contribution in [2.75, 3.05) is 42.2 Å². The number of benzene rings is 1. The minimum atomic E-state index is -0.663. The second kappa shape index (κ2) is 11.7. The quantitative estimate of drug-likeness (QED) is 0.334. The summed E-state index contributed by atoms with van der Waals surface area (Å²) in [7, 11) is 7.06. The molecule has 0 amide bonds. The maximum absolute atomic E-state index is 13.3. The van der Waals surface area contributed by atoms with Crippen molar-refractivity contribution in [3.05, 3.63) is 16.7 Å². The minimum Gasteiger partial charge on any atom is -0.495 e.